The third-order valence-corrected chi connectivity index (χ3v) is 7.47. The van der Waals surface area contributed by atoms with E-state index in [-0.39, 0.29) is 4.90 Å². The number of hydrogen-bond acceptors (Lipinski definition) is 9. The van der Waals surface area contributed by atoms with E-state index in [1.807, 2.05) is 31.2 Å². The summed E-state index contributed by atoms with van der Waals surface area (Å²) in [6.45, 7) is 9.02. The summed E-state index contributed by atoms with van der Waals surface area (Å²) in [7, 11) is -3.99. The molecule has 0 spiro atoms. The fourth-order valence-corrected chi connectivity index (χ4v) is 5.04. The van der Waals surface area contributed by atoms with Crippen LogP contribution < -0.4 is 20.1 Å². The molecule has 0 atom stereocenters. The number of carbonyl (C=O) groups excluding carboxylic acids is 1. The minimum atomic E-state index is -3.99. The maximum Gasteiger partial charge on any atom is 0.264 e. The van der Waals surface area contributed by atoms with Gasteiger partial charge in [0.25, 0.3) is 10.0 Å². The number of likely N-dealkylation sites (tertiary alicyclic amines) is 1. The monoisotopic (exact) mass is 538 g/mol. The number of aromatic nitrogens is 2. The maximum absolute atomic E-state index is 12.6. The van der Waals surface area contributed by atoms with Crippen LogP contribution in [0.5, 0.6) is 5.75 Å². The largest absolute Gasteiger partial charge is 0.492 e. The number of anilines is 4. The summed E-state index contributed by atoms with van der Waals surface area (Å²) in [6.07, 6.45) is 4.22. The molecule has 38 heavy (non-hydrogen) atoms. The van der Waals surface area contributed by atoms with E-state index in [9.17, 15) is 13.2 Å². The van der Waals surface area contributed by atoms with Crippen LogP contribution in [0, 0.1) is 12.8 Å². The van der Waals surface area contributed by atoms with Gasteiger partial charge in [0.1, 0.15) is 18.2 Å². The summed E-state index contributed by atoms with van der Waals surface area (Å²) in [6, 6.07) is 13.8. The molecule has 1 fully saturated rings. The Morgan fingerprint density at radius 1 is 1.05 bits per heavy atom. The minimum absolute atomic E-state index is 0.0238. The van der Waals surface area contributed by atoms with Crippen molar-refractivity contribution < 1.29 is 17.9 Å². The quantitative estimate of drug-likeness (QED) is 0.329. The number of carbonyl (C=O) groups is 1. The van der Waals surface area contributed by atoms with Crippen molar-refractivity contribution in [3.8, 4) is 5.75 Å². The summed E-state index contributed by atoms with van der Waals surface area (Å²) in [5.41, 5.74) is 2.09. The highest BCUT2D eigenvalue weighted by atomic mass is 32.2. The lowest BCUT2D eigenvalue weighted by atomic mass is 10.2. The summed E-state index contributed by atoms with van der Waals surface area (Å²) >= 11 is 0. The summed E-state index contributed by atoms with van der Waals surface area (Å²) in [5, 5.41) is 6.33. The van der Waals surface area contributed by atoms with Crippen LogP contribution in [0.15, 0.2) is 59.6 Å². The smallest absolute Gasteiger partial charge is 0.264 e. The predicted octanol–water partition coefficient (Wildman–Crippen LogP) is 4.21. The van der Waals surface area contributed by atoms with Crippen molar-refractivity contribution >= 4 is 39.1 Å². The molecule has 4 rings (SSSR count). The first kappa shape index (κ1) is 27.3. The van der Waals surface area contributed by atoms with Gasteiger partial charge in [-0.1, -0.05) is 19.9 Å². The summed E-state index contributed by atoms with van der Waals surface area (Å²) < 4.78 is 33.2. The number of amides is 1. The lowest BCUT2D eigenvalue weighted by Crippen LogP contribution is -2.33. The molecule has 0 bridgehead atoms. The first-order valence-electron chi connectivity index (χ1n) is 12.7. The second-order valence-electron chi connectivity index (χ2n) is 9.55. The van der Waals surface area contributed by atoms with Crippen molar-refractivity contribution in [2.45, 2.75) is 38.5 Å². The van der Waals surface area contributed by atoms with Crippen molar-refractivity contribution in [1.29, 1.82) is 0 Å². The summed E-state index contributed by atoms with van der Waals surface area (Å²) in [5.74, 6) is 0.692. The average molecular weight is 539 g/mol. The Hall–Kier alpha value is -3.70. The molecule has 1 aliphatic rings. The topological polar surface area (TPSA) is 126 Å². The number of rotatable bonds is 11. The zero-order valence-electron chi connectivity index (χ0n) is 21.9. The van der Waals surface area contributed by atoms with Crippen LogP contribution >= 0.6 is 0 Å². The van der Waals surface area contributed by atoms with Gasteiger partial charge in [0.2, 0.25) is 11.9 Å². The van der Waals surface area contributed by atoms with Crippen LogP contribution in [0.4, 0.5) is 23.1 Å². The number of benzene rings is 2. The van der Waals surface area contributed by atoms with Crippen molar-refractivity contribution in [3.63, 3.8) is 0 Å². The number of ether oxygens (including phenoxy) is 1. The molecular weight excluding hydrogens is 504 g/mol. The zero-order chi connectivity index (χ0) is 27.1. The fraction of sp³-hybridized carbons (Fsp3) is 0.370. The SMILES string of the molecule is Cc1cnc(Nc2ccc(OCCN3CCCC3)cc2)nc1Nc1cccc(S(=O)(=O)NC(=O)C(C)C)c1. The van der Waals surface area contributed by atoms with Gasteiger partial charge in [-0.3, -0.25) is 9.69 Å². The molecule has 1 aromatic heterocycles. The van der Waals surface area contributed by atoms with Crippen molar-refractivity contribution in [1.82, 2.24) is 19.6 Å². The van der Waals surface area contributed by atoms with E-state index in [2.05, 4.69) is 30.2 Å². The molecule has 2 aromatic carbocycles. The van der Waals surface area contributed by atoms with E-state index >= 15 is 0 Å². The normalized spacial score (nSPS) is 13.9. The van der Waals surface area contributed by atoms with E-state index in [0.29, 0.717) is 24.1 Å². The van der Waals surface area contributed by atoms with E-state index in [1.165, 1.54) is 25.0 Å². The van der Waals surface area contributed by atoms with E-state index in [4.69, 9.17) is 4.74 Å². The van der Waals surface area contributed by atoms with Gasteiger partial charge in [-0.15, -0.1) is 0 Å². The highest BCUT2D eigenvalue weighted by Crippen LogP contribution is 2.24. The molecular formula is C27H34N6O4S. The Bertz CT molecular complexity index is 1360. The van der Waals surface area contributed by atoms with Gasteiger partial charge in [-0.2, -0.15) is 4.98 Å². The molecule has 2 heterocycles. The van der Waals surface area contributed by atoms with Crippen molar-refractivity contribution in [2.75, 3.05) is 36.9 Å². The van der Waals surface area contributed by atoms with Crippen molar-refractivity contribution in [2.24, 2.45) is 5.92 Å². The lowest BCUT2D eigenvalue weighted by Gasteiger charge is -2.15. The third kappa shape index (κ3) is 7.42. The van der Waals surface area contributed by atoms with Gasteiger partial charge >= 0.3 is 0 Å². The van der Waals surface area contributed by atoms with Gasteiger partial charge in [0, 0.05) is 35.6 Å². The highest BCUT2D eigenvalue weighted by Gasteiger charge is 2.20. The molecule has 0 unspecified atom stereocenters. The van der Waals surface area contributed by atoms with Crippen LogP contribution in [0.2, 0.25) is 0 Å². The molecule has 1 saturated heterocycles. The second-order valence-corrected chi connectivity index (χ2v) is 11.2. The van der Waals surface area contributed by atoms with Crippen LogP contribution in [0.1, 0.15) is 32.3 Å². The number of aryl methyl sites for hydroxylation is 1. The third-order valence-electron chi connectivity index (χ3n) is 6.12. The fourth-order valence-electron chi connectivity index (χ4n) is 3.88. The Morgan fingerprint density at radius 3 is 2.50 bits per heavy atom. The molecule has 3 N–H and O–H groups in total. The van der Waals surface area contributed by atoms with E-state index < -0.39 is 21.8 Å². The Labute approximate surface area is 223 Å². The van der Waals surface area contributed by atoms with Crippen molar-refractivity contribution in [3.05, 3.63) is 60.3 Å². The van der Waals surface area contributed by atoms with Gasteiger partial charge in [-0.25, -0.2) is 18.1 Å². The van der Waals surface area contributed by atoms with Gasteiger partial charge in [0.05, 0.1) is 4.90 Å². The first-order chi connectivity index (χ1) is 18.2. The molecule has 0 radical (unpaired) electrons. The molecule has 10 nitrogen and oxygen atoms in total. The highest BCUT2D eigenvalue weighted by molar-refractivity contribution is 7.90. The van der Waals surface area contributed by atoms with E-state index in [0.717, 1.165) is 36.6 Å². The predicted molar refractivity (Wildman–Crippen MR) is 148 cm³/mol. The first-order valence-corrected chi connectivity index (χ1v) is 14.2. The maximum atomic E-state index is 12.6. The summed E-state index contributed by atoms with van der Waals surface area (Å²) in [4.78, 5) is 23.2. The second kappa shape index (κ2) is 12.2. The number of nitrogens with one attached hydrogen (secondary N) is 3. The Morgan fingerprint density at radius 2 is 1.79 bits per heavy atom. The molecule has 202 valence electrons. The molecule has 0 saturated carbocycles. The lowest BCUT2D eigenvalue weighted by molar-refractivity contribution is -0.122. The number of hydrogen-bond donors (Lipinski definition) is 3. The Kier molecular flexibility index (Phi) is 8.80. The molecule has 3 aromatic rings. The van der Waals surface area contributed by atoms with Gasteiger partial charge < -0.3 is 15.4 Å². The molecule has 1 amide bonds. The number of sulfonamides is 1. The molecule has 11 heteroatoms. The molecule has 1 aliphatic heterocycles. The van der Waals surface area contributed by atoms with Crippen LogP contribution in [-0.4, -0.2) is 55.4 Å². The van der Waals surface area contributed by atoms with Crippen LogP contribution in [0.25, 0.3) is 0 Å². The Balaban J connectivity index is 1.39. The van der Waals surface area contributed by atoms with E-state index in [1.54, 1.807) is 32.2 Å². The number of nitrogens with zero attached hydrogens (tertiary/aromatic N) is 3. The van der Waals surface area contributed by atoms with Crippen LogP contribution in [-0.2, 0) is 14.8 Å². The van der Waals surface area contributed by atoms with Gasteiger partial charge in [-0.05, 0) is 75.3 Å². The molecule has 0 aliphatic carbocycles. The zero-order valence-corrected chi connectivity index (χ0v) is 22.7. The minimum Gasteiger partial charge on any atom is -0.492 e. The van der Waals surface area contributed by atoms with Gasteiger partial charge in [0.15, 0.2) is 0 Å². The van der Waals surface area contributed by atoms with Crippen LogP contribution in [0.3, 0.4) is 0 Å². The standard InChI is InChI=1S/C27H34N6O4S/c1-19(2)26(34)32-38(35,36)24-8-6-7-22(17-24)29-25-20(3)18-28-27(31-25)30-21-9-11-23(12-10-21)37-16-15-33-13-4-5-14-33/h6-12,17-19H,4-5,13-16H2,1-3H3,(H,32,34)(H2,28,29,30,31). The average Bonchev–Trinajstić information content (AvgIpc) is 3.41.